The molecule has 0 heterocycles. The van der Waals surface area contributed by atoms with E-state index in [1.165, 1.54) is 70.6 Å². The maximum absolute atomic E-state index is 12.0. The average Bonchev–Trinajstić information content (AvgIpc) is 2.74. The van der Waals surface area contributed by atoms with E-state index in [1.54, 1.807) is 0 Å². The molecule has 0 spiro atoms. The number of rotatable bonds is 22. The van der Waals surface area contributed by atoms with Crippen LogP contribution in [0.3, 0.4) is 0 Å². The van der Waals surface area contributed by atoms with Crippen molar-refractivity contribution in [1.29, 1.82) is 0 Å². The summed E-state index contributed by atoms with van der Waals surface area (Å²) in [6, 6.07) is 0. The lowest BCUT2D eigenvalue weighted by molar-refractivity contribution is -0.154. The maximum Gasteiger partial charge on any atom is 0.306 e. The minimum atomic E-state index is -0.155. The highest BCUT2D eigenvalue weighted by molar-refractivity contribution is 5.70. The van der Waals surface area contributed by atoms with Gasteiger partial charge in [0.15, 0.2) is 0 Å². The topological polar surface area (TPSA) is 52.6 Å². The van der Waals surface area contributed by atoms with E-state index in [0.717, 1.165) is 12.8 Å². The zero-order valence-corrected chi connectivity index (χ0v) is 22.1. The summed E-state index contributed by atoms with van der Waals surface area (Å²) in [7, 11) is 0. The van der Waals surface area contributed by atoms with E-state index >= 15 is 0 Å². The van der Waals surface area contributed by atoms with Crippen molar-refractivity contribution in [2.24, 2.45) is 11.8 Å². The highest BCUT2D eigenvalue weighted by Gasteiger charge is 2.21. The van der Waals surface area contributed by atoms with E-state index in [0.29, 0.717) is 44.1 Å². The van der Waals surface area contributed by atoms with Gasteiger partial charge >= 0.3 is 11.9 Å². The van der Waals surface area contributed by atoms with Gasteiger partial charge < -0.3 is 9.47 Å². The van der Waals surface area contributed by atoms with E-state index in [4.69, 9.17) is 9.47 Å². The first-order valence-corrected chi connectivity index (χ1v) is 13.7. The Kier molecular flexibility index (Phi) is 21.0. The second-order valence-electron chi connectivity index (χ2n) is 10.1. The van der Waals surface area contributed by atoms with Crippen LogP contribution in [0.5, 0.6) is 0 Å². The smallest absolute Gasteiger partial charge is 0.306 e. The van der Waals surface area contributed by atoms with Crippen LogP contribution < -0.4 is 0 Å². The Morgan fingerprint density at radius 2 is 0.969 bits per heavy atom. The Balaban J connectivity index is 3.44. The molecule has 190 valence electrons. The van der Waals surface area contributed by atoms with Gasteiger partial charge in [0, 0.05) is 12.8 Å². The second-order valence-corrected chi connectivity index (χ2v) is 10.1. The lowest BCUT2D eigenvalue weighted by Crippen LogP contribution is -2.28. The summed E-state index contributed by atoms with van der Waals surface area (Å²) in [6.07, 6.45) is 19.2. The van der Waals surface area contributed by atoms with E-state index in [9.17, 15) is 9.59 Å². The van der Waals surface area contributed by atoms with Gasteiger partial charge in [-0.25, -0.2) is 0 Å². The standard InChI is InChI=1S/C28H54O4/c1-6-7-8-9-10-11-12-13-14-15-16-17-20-23-31-26(29)21-18-19-22-27(30)32-28(24(2)3)25(4)5/h24-25,28H,6-23H2,1-5H3. The number of carbonyl (C=O) groups is 2. The number of unbranched alkanes of at least 4 members (excludes halogenated alkanes) is 13. The molecule has 0 N–H and O–H groups in total. The first-order chi connectivity index (χ1) is 15.4. The van der Waals surface area contributed by atoms with Crippen molar-refractivity contribution in [2.75, 3.05) is 6.61 Å². The molecule has 0 aromatic heterocycles. The number of hydrogen-bond acceptors (Lipinski definition) is 4. The Morgan fingerprint density at radius 1 is 0.562 bits per heavy atom. The summed E-state index contributed by atoms with van der Waals surface area (Å²) >= 11 is 0. The Labute approximate surface area is 199 Å². The monoisotopic (exact) mass is 454 g/mol. The van der Waals surface area contributed by atoms with E-state index in [1.807, 2.05) is 0 Å². The van der Waals surface area contributed by atoms with Crippen molar-refractivity contribution in [3.05, 3.63) is 0 Å². The van der Waals surface area contributed by atoms with E-state index in [2.05, 4.69) is 34.6 Å². The van der Waals surface area contributed by atoms with Gasteiger partial charge in [0.05, 0.1) is 6.61 Å². The fraction of sp³-hybridized carbons (Fsp3) is 0.929. The third-order valence-corrected chi connectivity index (χ3v) is 6.10. The molecule has 0 rings (SSSR count). The van der Waals surface area contributed by atoms with Crippen LogP contribution in [0.1, 0.15) is 144 Å². The molecule has 0 aromatic carbocycles. The van der Waals surface area contributed by atoms with Crippen molar-refractivity contribution >= 4 is 11.9 Å². The highest BCUT2D eigenvalue weighted by Crippen LogP contribution is 2.17. The molecule has 0 amide bonds. The largest absolute Gasteiger partial charge is 0.466 e. The number of hydrogen-bond donors (Lipinski definition) is 0. The summed E-state index contributed by atoms with van der Waals surface area (Å²) in [4.78, 5) is 23.8. The molecule has 0 radical (unpaired) electrons. The predicted molar refractivity (Wildman–Crippen MR) is 135 cm³/mol. The van der Waals surface area contributed by atoms with Crippen molar-refractivity contribution < 1.29 is 19.1 Å². The summed E-state index contributed by atoms with van der Waals surface area (Å²) in [5.41, 5.74) is 0. The number of esters is 2. The van der Waals surface area contributed by atoms with Crippen molar-refractivity contribution in [3.8, 4) is 0 Å². The van der Waals surface area contributed by atoms with Gasteiger partial charge in [-0.15, -0.1) is 0 Å². The Morgan fingerprint density at radius 3 is 1.41 bits per heavy atom. The molecule has 0 bridgehead atoms. The molecular formula is C28H54O4. The molecule has 0 fully saturated rings. The molecule has 0 aromatic rings. The van der Waals surface area contributed by atoms with Crippen molar-refractivity contribution in [2.45, 2.75) is 150 Å². The second kappa shape index (κ2) is 21.8. The van der Waals surface area contributed by atoms with Crippen LogP contribution in [-0.4, -0.2) is 24.6 Å². The lowest BCUT2D eigenvalue weighted by Gasteiger charge is -2.24. The normalized spacial score (nSPS) is 11.5. The van der Waals surface area contributed by atoms with Crippen LogP contribution in [-0.2, 0) is 19.1 Å². The predicted octanol–water partition coefficient (Wildman–Crippen LogP) is 8.41. The van der Waals surface area contributed by atoms with Crippen molar-refractivity contribution in [1.82, 2.24) is 0 Å². The van der Waals surface area contributed by atoms with Gasteiger partial charge in [-0.05, 0) is 31.1 Å². The first-order valence-electron chi connectivity index (χ1n) is 13.7. The van der Waals surface area contributed by atoms with Crippen LogP contribution in [0.4, 0.5) is 0 Å². The SMILES string of the molecule is CCCCCCCCCCCCCCCOC(=O)CCCCC(=O)OC(C(C)C)C(C)C. The van der Waals surface area contributed by atoms with Gasteiger partial charge in [0.25, 0.3) is 0 Å². The van der Waals surface area contributed by atoms with Crippen LogP contribution >= 0.6 is 0 Å². The Hall–Kier alpha value is -1.06. The minimum absolute atomic E-state index is 0.0345. The number of ether oxygens (including phenoxy) is 2. The Bertz CT molecular complexity index is 437. The fourth-order valence-electron chi connectivity index (χ4n) is 4.17. The van der Waals surface area contributed by atoms with E-state index in [-0.39, 0.29) is 18.0 Å². The molecule has 0 aliphatic heterocycles. The third-order valence-electron chi connectivity index (χ3n) is 6.10. The molecule has 0 saturated carbocycles. The molecule has 0 aliphatic rings. The molecule has 0 saturated heterocycles. The van der Waals surface area contributed by atoms with E-state index < -0.39 is 0 Å². The number of carbonyl (C=O) groups excluding carboxylic acids is 2. The van der Waals surface area contributed by atoms with Gasteiger partial charge in [-0.1, -0.05) is 112 Å². The zero-order chi connectivity index (χ0) is 24.0. The summed E-state index contributed by atoms with van der Waals surface area (Å²) < 4.78 is 10.9. The molecule has 0 unspecified atom stereocenters. The molecule has 0 aliphatic carbocycles. The highest BCUT2D eigenvalue weighted by atomic mass is 16.5. The van der Waals surface area contributed by atoms with Gasteiger partial charge in [0.2, 0.25) is 0 Å². The molecule has 32 heavy (non-hydrogen) atoms. The van der Waals surface area contributed by atoms with Gasteiger partial charge in [-0.2, -0.15) is 0 Å². The van der Waals surface area contributed by atoms with Crippen molar-refractivity contribution in [3.63, 3.8) is 0 Å². The quantitative estimate of drug-likeness (QED) is 0.122. The van der Waals surface area contributed by atoms with Crippen LogP contribution in [0.2, 0.25) is 0 Å². The maximum atomic E-state index is 12.0. The van der Waals surface area contributed by atoms with Gasteiger partial charge in [-0.3, -0.25) is 9.59 Å². The van der Waals surface area contributed by atoms with Crippen LogP contribution in [0, 0.1) is 11.8 Å². The average molecular weight is 455 g/mol. The first kappa shape index (κ1) is 30.9. The third kappa shape index (κ3) is 19.6. The minimum Gasteiger partial charge on any atom is -0.466 e. The molecule has 4 heteroatoms. The van der Waals surface area contributed by atoms with Crippen LogP contribution in [0.15, 0.2) is 0 Å². The molecule has 4 nitrogen and oxygen atoms in total. The van der Waals surface area contributed by atoms with Gasteiger partial charge in [0.1, 0.15) is 6.10 Å². The fourth-order valence-corrected chi connectivity index (χ4v) is 4.17. The molecule has 0 atom stereocenters. The zero-order valence-electron chi connectivity index (χ0n) is 22.1. The van der Waals surface area contributed by atoms with Crippen LogP contribution in [0.25, 0.3) is 0 Å². The summed E-state index contributed by atoms with van der Waals surface area (Å²) in [5, 5.41) is 0. The lowest BCUT2D eigenvalue weighted by atomic mass is 9.96. The summed E-state index contributed by atoms with van der Waals surface area (Å²) in [5.74, 6) is 0.343. The molecular weight excluding hydrogens is 400 g/mol. The summed E-state index contributed by atoms with van der Waals surface area (Å²) in [6.45, 7) is 11.1.